The topological polar surface area (TPSA) is 13.6 Å². The first kappa shape index (κ1) is 9.75. The van der Waals surface area contributed by atoms with E-state index < -0.39 is 0 Å². The minimum Gasteiger partial charge on any atom is -0.448 e. The van der Waals surface area contributed by atoms with Crippen LogP contribution in [0.25, 0.3) is 4.85 Å². The van der Waals surface area contributed by atoms with Gasteiger partial charge in [0.05, 0.1) is 6.57 Å². The fraction of sp³-hybridized carbons (Fsp3) is 0.0833. The zero-order chi connectivity index (χ0) is 10.7. The van der Waals surface area contributed by atoms with Crippen LogP contribution < -0.4 is 4.74 Å². The van der Waals surface area contributed by atoms with Crippen molar-refractivity contribution in [3.8, 4) is 10.8 Å². The molecule has 1 aromatic carbocycles. The number of aryl methyl sites for hydroxylation is 1. The Labute approximate surface area is 92.6 Å². The lowest BCUT2D eigenvalue weighted by Gasteiger charge is -2.05. The molecule has 0 amide bonds. The molecular weight excluding hydrogens is 206 g/mol. The highest BCUT2D eigenvalue weighted by molar-refractivity contribution is 7.17. The first-order chi connectivity index (χ1) is 7.29. The van der Waals surface area contributed by atoms with E-state index in [1.165, 1.54) is 11.3 Å². The second kappa shape index (κ2) is 4.16. The monoisotopic (exact) mass is 215 g/mol. The van der Waals surface area contributed by atoms with Gasteiger partial charge in [0.2, 0.25) is 5.00 Å². The van der Waals surface area contributed by atoms with Crippen LogP contribution in [-0.4, -0.2) is 0 Å². The highest BCUT2D eigenvalue weighted by Crippen LogP contribution is 2.35. The third-order valence-electron chi connectivity index (χ3n) is 1.98. The minimum atomic E-state index is 0.651. The Morgan fingerprint density at radius 1 is 1.20 bits per heavy atom. The maximum atomic E-state index is 6.86. The Morgan fingerprint density at radius 2 is 2.00 bits per heavy atom. The summed E-state index contributed by atoms with van der Waals surface area (Å²) in [7, 11) is 0. The number of thiophene rings is 1. The molecule has 0 saturated heterocycles. The van der Waals surface area contributed by atoms with Gasteiger partial charge in [-0.25, -0.2) is 4.85 Å². The zero-order valence-corrected chi connectivity index (χ0v) is 9.04. The minimum absolute atomic E-state index is 0.651. The van der Waals surface area contributed by atoms with E-state index >= 15 is 0 Å². The molecule has 15 heavy (non-hydrogen) atoms. The van der Waals surface area contributed by atoms with Crippen LogP contribution >= 0.6 is 11.3 Å². The standard InChI is InChI=1S/C12H9NOS/c1-9-5-3-4-6-10(9)14-12-8-7-11(13-2)15-12/h3-8H,1H3. The average Bonchev–Trinajstić information content (AvgIpc) is 2.69. The highest BCUT2D eigenvalue weighted by atomic mass is 32.1. The molecule has 0 aliphatic rings. The number of para-hydroxylation sites is 1. The van der Waals surface area contributed by atoms with E-state index in [4.69, 9.17) is 11.3 Å². The highest BCUT2D eigenvalue weighted by Gasteiger charge is 2.03. The van der Waals surface area contributed by atoms with Crippen LogP contribution in [0.15, 0.2) is 36.4 Å². The second-order valence-corrected chi connectivity index (χ2v) is 4.10. The Bertz CT molecular complexity index is 510. The van der Waals surface area contributed by atoms with Gasteiger partial charge in [0.15, 0.2) is 5.06 Å². The summed E-state index contributed by atoms with van der Waals surface area (Å²) in [6, 6.07) is 11.4. The first-order valence-electron chi connectivity index (χ1n) is 4.50. The van der Waals surface area contributed by atoms with Crippen LogP contribution in [0.5, 0.6) is 10.8 Å². The largest absolute Gasteiger partial charge is 0.448 e. The van der Waals surface area contributed by atoms with Crippen molar-refractivity contribution in [3.05, 3.63) is 53.4 Å². The summed E-state index contributed by atoms with van der Waals surface area (Å²) < 4.78 is 5.67. The van der Waals surface area contributed by atoms with E-state index in [9.17, 15) is 0 Å². The number of rotatable bonds is 2. The lowest BCUT2D eigenvalue weighted by atomic mass is 10.2. The molecule has 1 aromatic heterocycles. The SMILES string of the molecule is [C-]#[N+]c1ccc(Oc2ccccc2C)s1. The summed E-state index contributed by atoms with van der Waals surface area (Å²) in [5.41, 5.74) is 1.09. The molecule has 0 radical (unpaired) electrons. The Kier molecular flexibility index (Phi) is 2.70. The second-order valence-electron chi connectivity index (χ2n) is 3.07. The molecule has 0 saturated carbocycles. The predicted molar refractivity (Wildman–Crippen MR) is 61.8 cm³/mol. The van der Waals surface area contributed by atoms with E-state index in [1.807, 2.05) is 37.3 Å². The first-order valence-corrected chi connectivity index (χ1v) is 5.32. The van der Waals surface area contributed by atoms with E-state index in [1.54, 1.807) is 6.07 Å². The van der Waals surface area contributed by atoms with Gasteiger partial charge in [-0.05, 0) is 30.7 Å². The number of benzene rings is 1. The zero-order valence-electron chi connectivity index (χ0n) is 8.23. The summed E-state index contributed by atoms with van der Waals surface area (Å²) >= 11 is 1.36. The van der Waals surface area contributed by atoms with Gasteiger partial charge in [0, 0.05) is 0 Å². The number of hydrogen-bond donors (Lipinski definition) is 0. The molecule has 3 heteroatoms. The van der Waals surface area contributed by atoms with Crippen LogP contribution in [0.2, 0.25) is 0 Å². The molecule has 2 rings (SSSR count). The van der Waals surface area contributed by atoms with Gasteiger partial charge in [-0.1, -0.05) is 18.2 Å². The summed E-state index contributed by atoms with van der Waals surface area (Å²) in [5.74, 6) is 0.843. The molecule has 1 heterocycles. The van der Waals surface area contributed by atoms with Crippen molar-refractivity contribution < 1.29 is 4.74 Å². The molecule has 0 spiro atoms. The van der Waals surface area contributed by atoms with Gasteiger partial charge < -0.3 is 4.74 Å². The van der Waals surface area contributed by atoms with Gasteiger partial charge in [0.25, 0.3) is 0 Å². The van der Waals surface area contributed by atoms with Gasteiger partial charge >= 0.3 is 0 Å². The number of ether oxygens (including phenoxy) is 1. The third kappa shape index (κ3) is 2.17. The molecule has 2 aromatic rings. The summed E-state index contributed by atoms with van der Waals surface area (Å²) in [6.45, 7) is 8.86. The number of nitrogens with zero attached hydrogens (tertiary/aromatic N) is 1. The van der Waals surface area contributed by atoms with Gasteiger partial charge in [0.1, 0.15) is 5.75 Å². The third-order valence-corrected chi connectivity index (χ3v) is 2.84. The fourth-order valence-electron chi connectivity index (χ4n) is 1.20. The maximum absolute atomic E-state index is 6.86. The van der Waals surface area contributed by atoms with Gasteiger partial charge in [-0.15, -0.1) is 11.3 Å². The summed E-state index contributed by atoms with van der Waals surface area (Å²) in [4.78, 5) is 3.34. The van der Waals surface area contributed by atoms with Crippen molar-refractivity contribution in [1.82, 2.24) is 0 Å². The van der Waals surface area contributed by atoms with E-state index in [0.717, 1.165) is 16.4 Å². The quantitative estimate of drug-likeness (QED) is 0.677. The van der Waals surface area contributed by atoms with Gasteiger partial charge in [-0.3, -0.25) is 0 Å². The Balaban J connectivity index is 2.23. The van der Waals surface area contributed by atoms with Crippen LogP contribution in [0, 0.1) is 13.5 Å². The van der Waals surface area contributed by atoms with Crippen molar-refractivity contribution in [2.75, 3.05) is 0 Å². The molecule has 74 valence electrons. The van der Waals surface area contributed by atoms with Crippen molar-refractivity contribution in [2.24, 2.45) is 0 Å². The number of hydrogen-bond acceptors (Lipinski definition) is 2. The fourth-order valence-corrected chi connectivity index (χ4v) is 1.86. The molecule has 0 aliphatic carbocycles. The maximum Gasteiger partial charge on any atom is 0.244 e. The summed E-state index contributed by atoms with van der Waals surface area (Å²) in [5, 5.41) is 1.41. The lowest BCUT2D eigenvalue weighted by molar-refractivity contribution is 0.492. The molecule has 2 nitrogen and oxygen atoms in total. The van der Waals surface area contributed by atoms with Gasteiger partial charge in [-0.2, -0.15) is 0 Å². The van der Waals surface area contributed by atoms with E-state index in [0.29, 0.717) is 5.00 Å². The molecular formula is C12H9NOS. The Hall–Kier alpha value is -1.79. The van der Waals surface area contributed by atoms with Crippen LogP contribution in [0.1, 0.15) is 5.56 Å². The molecule has 0 aliphatic heterocycles. The van der Waals surface area contributed by atoms with Crippen molar-refractivity contribution in [1.29, 1.82) is 0 Å². The van der Waals surface area contributed by atoms with E-state index in [2.05, 4.69) is 4.85 Å². The molecule has 0 fully saturated rings. The smallest absolute Gasteiger partial charge is 0.244 e. The van der Waals surface area contributed by atoms with Crippen LogP contribution in [0.3, 0.4) is 0 Å². The van der Waals surface area contributed by atoms with Crippen LogP contribution in [0.4, 0.5) is 5.00 Å². The lowest BCUT2D eigenvalue weighted by Crippen LogP contribution is -1.83. The Morgan fingerprint density at radius 3 is 2.67 bits per heavy atom. The van der Waals surface area contributed by atoms with Crippen molar-refractivity contribution in [2.45, 2.75) is 6.92 Å². The van der Waals surface area contributed by atoms with E-state index in [-0.39, 0.29) is 0 Å². The van der Waals surface area contributed by atoms with Crippen molar-refractivity contribution in [3.63, 3.8) is 0 Å². The molecule has 0 N–H and O–H groups in total. The van der Waals surface area contributed by atoms with Crippen LogP contribution in [-0.2, 0) is 0 Å². The molecule has 0 unspecified atom stereocenters. The van der Waals surface area contributed by atoms with Crippen molar-refractivity contribution >= 4 is 16.3 Å². The molecule has 0 atom stereocenters. The predicted octanol–water partition coefficient (Wildman–Crippen LogP) is 4.40. The summed E-state index contributed by atoms with van der Waals surface area (Å²) in [6.07, 6.45) is 0. The molecule has 0 bridgehead atoms. The average molecular weight is 215 g/mol. The normalized spacial score (nSPS) is 9.60.